The number of amidine groups is 1. The van der Waals surface area contributed by atoms with Gasteiger partial charge in [-0.05, 0) is 18.2 Å². The number of aliphatic imine (C=N–C) groups is 1. The Hall–Kier alpha value is -2.11. The van der Waals surface area contributed by atoms with Gasteiger partial charge in [0.2, 0.25) is 0 Å². The van der Waals surface area contributed by atoms with Gasteiger partial charge in [-0.3, -0.25) is 5.73 Å². The van der Waals surface area contributed by atoms with Crippen molar-refractivity contribution in [2.45, 2.75) is 5.92 Å². The molecule has 1 aliphatic heterocycles. The minimum Gasteiger partial charge on any atom is -0.399 e. The van der Waals surface area contributed by atoms with Gasteiger partial charge in [0.1, 0.15) is 0 Å². The van der Waals surface area contributed by atoms with Crippen LogP contribution in [0.2, 0.25) is 0 Å². The van der Waals surface area contributed by atoms with E-state index in [1.807, 2.05) is 18.2 Å². The van der Waals surface area contributed by atoms with Gasteiger partial charge in [-0.2, -0.15) is 4.39 Å². The molecule has 2 aromatic carbocycles. The third-order valence-corrected chi connectivity index (χ3v) is 3.53. The number of fused-ring (bicyclic) bond motifs is 1. The summed E-state index contributed by atoms with van der Waals surface area (Å²) in [7, 11) is 0. The standard InChI is InChI=1S/C14H12ClFN4/c15-20-13(9-4-2-1-3-5-9)19-12-7-6-10(17)8-11(12)14(20,16)18/h1-8H,17-18H2. The van der Waals surface area contributed by atoms with Crippen molar-refractivity contribution in [3.63, 3.8) is 0 Å². The third kappa shape index (κ3) is 1.92. The summed E-state index contributed by atoms with van der Waals surface area (Å²) in [6.07, 6.45) is 0. The molecule has 0 bridgehead atoms. The number of nitrogens with two attached hydrogens (primary N) is 2. The first-order chi connectivity index (χ1) is 9.50. The van der Waals surface area contributed by atoms with Crippen LogP contribution < -0.4 is 11.5 Å². The van der Waals surface area contributed by atoms with Gasteiger partial charge in [-0.25, -0.2) is 9.41 Å². The Morgan fingerprint density at radius 2 is 1.85 bits per heavy atom. The lowest BCUT2D eigenvalue weighted by Gasteiger charge is -2.35. The maximum atomic E-state index is 14.8. The second-order valence-electron chi connectivity index (χ2n) is 4.53. The second kappa shape index (κ2) is 4.47. The molecule has 1 unspecified atom stereocenters. The molecule has 0 fully saturated rings. The van der Waals surface area contributed by atoms with Crippen LogP contribution in [0, 0.1) is 0 Å². The van der Waals surface area contributed by atoms with Gasteiger partial charge in [-0.15, -0.1) is 0 Å². The van der Waals surface area contributed by atoms with E-state index in [-0.39, 0.29) is 11.4 Å². The van der Waals surface area contributed by atoms with Crippen molar-refractivity contribution in [1.82, 2.24) is 4.42 Å². The van der Waals surface area contributed by atoms with Crippen molar-refractivity contribution in [2.24, 2.45) is 10.7 Å². The number of hydrogen-bond acceptors (Lipinski definition) is 4. The fourth-order valence-electron chi connectivity index (χ4n) is 2.11. The number of nitrogen functional groups attached to an aromatic ring is 1. The molecular weight excluding hydrogens is 279 g/mol. The van der Waals surface area contributed by atoms with Crippen LogP contribution in [0.25, 0.3) is 0 Å². The molecule has 1 atom stereocenters. The number of hydrogen-bond donors (Lipinski definition) is 2. The Labute approximate surface area is 120 Å². The number of benzene rings is 2. The van der Waals surface area contributed by atoms with E-state index in [9.17, 15) is 4.39 Å². The molecule has 0 radical (unpaired) electrons. The Kier molecular flexibility index (Phi) is 2.88. The molecule has 0 saturated heterocycles. The zero-order valence-electron chi connectivity index (χ0n) is 10.4. The first-order valence-electron chi connectivity index (χ1n) is 5.98. The fraction of sp³-hybridized carbons (Fsp3) is 0.0714. The van der Waals surface area contributed by atoms with E-state index >= 15 is 0 Å². The molecule has 1 heterocycles. The molecule has 2 aromatic rings. The third-order valence-electron chi connectivity index (χ3n) is 3.13. The minimum absolute atomic E-state index is 0.146. The predicted octanol–water partition coefficient (Wildman–Crippen LogP) is 2.86. The van der Waals surface area contributed by atoms with Crippen molar-refractivity contribution in [2.75, 3.05) is 5.73 Å². The van der Waals surface area contributed by atoms with E-state index in [0.29, 0.717) is 16.9 Å². The topological polar surface area (TPSA) is 67.6 Å². The van der Waals surface area contributed by atoms with Crippen LogP contribution in [-0.2, 0) is 5.92 Å². The van der Waals surface area contributed by atoms with Gasteiger partial charge < -0.3 is 5.73 Å². The van der Waals surface area contributed by atoms with Crippen LogP contribution in [-0.4, -0.2) is 10.3 Å². The summed E-state index contributed by atoms with van der Waals surface area (Å²) < 4.78 is 15.6. The Morgan fingerprint density at radius 3 is 2.55 bits per heavy atom. The summed E-state index contributed by atoms with van der Waals surface area (Å²) in [5.74, 6) is -2.12. The van der Waals surface area contributed by atoms with Gasteiger partial charge in [0.05, 0.1) is 11.3 Å². The highest BCUT2D eigenvalue weighted by atomic mass is 35.5. The SMILES string of the molecule is Nc1ccc2c(c1)C(N)(F)N(Cl)C(c1ccccc1)=N2. The maximum absolute atomic E-state index is 14.8. The Morgan fingerprint density at radius 1 is 1.15 bits per heavy atom. The highest BCUT2D eigenvalue weighted by Gasteiger charge is 2.42. The molecular formula is C14H12ClFN4. The van der Waals surface area contributed by atoms with Crippen LogP contribution in [0.3, 0.4) is 0 Å². The first-order valence-corrected chi connectivity index (χ1v) is 6.32. The van der Waals surface area contributed by atoms with Gasteiger partial charge in [-0.1, -0.05) is 30.3 Å². The van der Waals surface area contributed by atoms with Crippen molar-refractivity contribution < 1.29 is 4.39 Å². The summed E-state index contributed by atoms with van der Waals surface area (Å²) in [5, 5.41) is 0. The second-order valence-corrected chi connectivity index (χ2v) is 4.87. The number of alkyl halides is 1. The highest BCUT2D eigenvalue weighted by Crippen LogP contribution is 2.40. The molecule has 0 amide bonds. The molecule has 4 N–H and O–H groups in total. The zero-order chi connectivity index (χ0) is 14.3. The van der Waals surface area contributed by atoms with Gasteiger partial charge in [0, 0.05) is 23.0 Å². The number of rotatable bonds is 1. The van der Waals surface area contributed by atoms with E-state index in [1.165, 1.54) is 6.07 Å². The summed E-state index contributed by atoms with van der Waals surface area (Å²) in [5.41, 5.74) is 13.0. The van der Waals surface area contributed by atoms with E-state index in [1.54, 1.807) is 24.3 Å². The lowest BCUT2D eigenvalue weighted by Crippen LogP contribution is -2.49. The average Bonchev–Trinajstić information content (AvgIpc) is 2.45. The van der Waals surface area contributed by atoms with Crippen LogP contribution in [0.1, 0.15) is 11.1 Å². The molecule has 102 valence electrons. The predicted molar refractivity (Wildman–Crippen MR) is 78.2 cm³/mol. The highest BCUT2D eigenvalue weighted by molar-refractivity contribution is 6.26. The smallest absolute Gasteiger partial charge is 0.278 e. The normalized spacial score (nSPS) is 21.4. The molecule has 3 rings (SSSR count). The van der Waals surface area contributed by atoms with Gasteiger partial charge in [0.25, 0.3) is 5.92 Å². The molecule has 0 aliphatic carbocycles. The lowest BCUT2D eigenvalue weighted by molar-refractivity contribution is 0.0769. The largest absolute Gasteiger partial charge is 0.399 e. The van der Waals surface area contributed by atoms with Crippen molar-refractivity contribution >= 4 is 29.0 Å². The quantitative estimate of drug-likeness (QED) is 0.482. The Balaban J connectivity index is 2.21. The molecule has 0 aromatic heterocycles. The monoisotopic (exact) mass is 290 g/mol. The fourth-order valence-corrected chi connectivity index (χ4v) is 2.34. The summed E-state index contributed by atoms with van der Waals surface area (Å²) in [6.45, 7) is 0. The molecule has 0 saturated carbocycles. The number of anilines is 1. The van der Waals surface area contributed by atoms with Crippen LogP contribution in [0.15, 0.2) is 53.5 Å². The number of halogens is 2. The van der Waals surface area contributed by atoms with Gasteiger partial charge in [0.15, 0.2) is 5.84 Å². The van der Waals surface area contributed by atoms with Crippen LogP contribution >= 0.6 is 11.8 Å². The Bertz CT molecular complexity index is 685. The zero-order valence-corrected chi connectivity index (χ0v) is 11.2. The van der Waals surface area contributed by atoms with Crippen molar-refractivity contribution in [3.8, 4) is 0 Å². The summed E-state index contributed by atoms with van der Waals surface area (Å²) >= 11 is 6.05. The van der Waals surface area contributed by atoms with E-state index in [4.69, 9.17) is 23.2 Å². The molecule has 4 nitrogen and oxygen atoms in total. The van der Waals surface area contributed by atoms with Crippen LogP contribution in [0.5, 0.6) is 0 Å². The van der Waals surface area contributed by atoms with Crippen LogP contribution in [0.4, 0.5) is 15.8 Å². The van der Waals surface area contributed by atoms with Gasteiger partial charge >= 0.3 is 0 Å². The first kappa shape index (κ1) is 12.9. The average molecular weight is 291 g/mol. The minimum atomic E-state index is -2.38. The molecule has 6 heteroatoms. The van der Waals surface area contributed by atoms with E-state index in [2.05, 4.69) is 4.99 Å². The van der Waals surface area contributed by atoms with E-state index in [0.717, 1.165) is 4.42 Å². The van der Waals surface area contributed by atoms with E-state index < -0.39 is 5.92 Å². The summed E-state index contributed by atoms with van der Waals surface area (Å²) in [4.78, 5) is 4.37. The summed E-state index contributed by atoms with van der Waals surface area (Å²) in [6, 6.07) is 13.8. The number of nitrogens with zero attached hydrogens (tertiary/aromatic N) is 2. The lowest BCUT2D eigenvalue weighted by atomic mass is 10.0. The molecule has 20 heavy (non-hydrogen) atoms. The van der Waals surface area contributed by atoms with Crippen molar-refractivity contribution in [3.05, 3.63) is 59.7 Å². The molecule has 0 spiro atoms. The maximum Gasteiger partial charge on any atom is 0.278 e. The molecule has 1 aliphatic rings. The van der Waals surface area contributed by atoms with Crippen molar-refractivity contribution in [1.29, 1.82) is 0 Å².